The van der Waals surface area contributed by atoms with E-state index in [0.29, 0.717) is 29.9 Å². The Labute approximate surface area is 181 Å². The van der Waals surface area contributed by atoms with Crippen LogP contribution in [0.25, 0.3) is 11.5 Å². The van der Waals surface area contributed by atoms with Crippen LogP contribution in [0.2, 0.25) is 0 Å². The molecule has 0 fully saturated rings. The number of para-hydroxylation sites is 1. The summed E-state index contributed by atoms with van der Waals surface area (Å²) in [5, 5.41) is 10.7. The van der Waals surface area contributed by atoms with Gasteiger partial charge in [-0.25, -0.2) is 14.2 Å². The summed E-state index contributed by atoms with van der Waals surface area (Å²) in [5.41, 5.74) is 3.26. The lowest BCUT2D eigenvalue weighted by Gasteiger charge is -2.10. The van der Waals surface area contributed by atoms with E-state index < -0.39 is 12.0 Å². The smallest absolute Gasteiger partial charge is 0.355 e. The van der Waals surface area contributed by atoms with Crippen LogP contribution in [0.1, 0.15) is 28.3 Å². The van der Waals surface area contributed by atoms with Gasteiger partial charge in [0.1, 0.15) is 0 Å². The molecule has 8 nitrogen and oxygen atoms in total. The van der Waals surface area contributed by atoms with E-state index in [0.717, 1.165) is 15.8 Å². The molecule has 0 aliphatic rings. The molecule has 0 unspecified atom stereocenters. The van der Waals surface area contributed by atoms with Gasteiger partial charge >= 0.3 is 6.18 Å². The molecule has 0 bridgehead atoms. The van der Waals surface area contributed by atoms with Crippen LogP contribution in [0.5, 0.6) is 0 Å². The van der Waals surface area contributed by atoms with E-state index in [4.69, 9.17) is 0 Å². The molecule has 4 aromatic rings. The van der Waals surface area contributed by atoms with Crippen molar-refractivity contribution in [1.29, 1.82) is 0 Å². The second-order valence-corrected chi connectivity index (χ2v) is 7.31. The number of aromatic nitrogens is 6. The van der Waals surface area contributed by atoms with E-state index in [1.807, 2.05) is 36.5 Å². The zero-order valence-corrected chi connectivity index (χ0v) is 17.4. The molecule has 0 aliphatic heterocycles. The van der Waals surface area contributed by atoms with E-state index in [-0.39, 0.29) is 18.1 Å². The van der Waals surface area contributed by atoms with Crippen LogP contribution in [0, 0.1) is 13.8 Å². The number of rotatable bonds is 6. The number of hydrogen-bond donors (Lipinski definition) is 1. The van der Waals surface area contributed by atoms with Crippen LogP contribution in [0.15, 0.2) is 42.7 Å². The largest absolute Gasteiger partial charge is 0.453 e. The number of alkyl halides is 3. The average Bonchev–Trinajstić information content (AvgIpc) is 3.39. The van der Waals surface area contributed by atoms with Gasteiger partial charge < -0.3 is 5.32 Å². The van der Waals surface area contributed by atoms with Crippen LogP contribution >= 0.6 is 0 Å². The zero-order chi connectivity index (χ0) is 22.9. The van der Waals surface area contributed by atoms with Crippen LogP contribution in [-0.4, -0.2) is 41.8 Å². The van der Waals surface area contributed by atoms with Crippen molar-refractivity contribution in [3.8, 4) is 5.69 Å². The van der Waals surface area contributed by atoms with Gasteiger partial charge in [0.15, 0.2) is 0 Å². The molecule has 0 saturated carbocycles. The molecule has 11 heteroatoms. The second kappa shape index (κ2) is 8.40. The van der Waals surface area contributed by atoms with Gasteiger partial charge in [0.05, 0.1) is 18.3 Å². The van der Waals surface area contributed by atoms with Crippen molar-refractivity contribution in [2.75, 3.05) is 6.54 Å². The van der Waals surface area contributed by atoms with E-state index in [1.54, 1.807) is 24.7 Å². The average molecular weight is 443 g/mol. The summed E-state index contributed by atoms with van der Waals surface area (Å²) >= 11 is 0. The van der Waals surface area contributed by atoms with Crippen LogP contribution in [-0.2, 0) is 23.8 Å². The minimum atomic E-state index is -4.67. The number of nitrogens with one attached hydrogen (secondary N) is 1. The number of fused-ring (bicyclic) bond motifs is 1. The number of hydrogen-bond acceptors (Lipinski definition) is 5. The highest BCUT2D eigenvalue weighted by molar-refractivity contribution is 5.79. The van der Waals surface area contributed by atoms with Gasteiger partial charge in [-0.15, -0.1) is 5.10 Å². The van der Waals surface area contributed by atoms with Gasteiger partial charge in [-0.3, -0.25) is 4.79 Å². The Morgan fingerprint density at radius 2 is 1.88 bits per heavy atom. The molecule has 0 radical (unpaired) electrons. The Morgan fingerprint density at radius 3 is 2.59 bits per heavy atom. The monoisotopic (exact) mass is 443 g/mol. The minimum absolute atomic E-state index is 0.0227. The lowest BCUT2D eigenvalue weighted by molar-refractivity contribution is -0.144. The highest BCUT2D eigenvalue weighted by Gasteiger charge is 2.37. The SMILES string of the molecule is Cc1nc2nc(C(F)(F)F)nn2c(C)c1CC(=O)NCCc1cnn(-c2ccccc2)c1. The molecular weight excluding hydrogens is 423 g/mol. The molecule has 32 heavy (non-hydrogen) atoms. The van der Waals surface area contributed by atoms with Gasteiger partial charge in [-0.1, -0.05) is 18.2 Å². The maximum Gasteiger partial charge on any atom is 0.453 e. The summed E-state index contributed by atoms with van der Waals surface area (Å²) in [6.07, 6.45) is -0.457. The van der Waals surface area contributed by atoms with Crippen molar-refractivity contribution < 1.29 is 18.0 Å². The number of aryl methyl sites for hydroxylation is 2. The standard InChI is InChI=1S/C21H20F3N7O/c1-13-17(14(2)31-20(27-13)28-19(29-31)21(22,23)24)10-18(32)25-9-8-15-11-26-30(12-15)16-6-4-3-5-7-16/h3-7,11-12H,8-10H2,1-2H3,(H,25,32). The number of nitrogens with zero attached hydrogens (tertiary/aromatic N) is 6. The van der Waals surface area contributed by atoms with E-state index in [9.17, 15) is 18.0 Å². The topological polar surface area (TPSA) is 90.0 Å². The Kier molecular flexibility index (Phi) is 5.64. The van der Waals surface area contributed by atoms with Gasteiger partial charge in [0.2, 0.25) is 5.91 Å². The Balaban J connectivity index is 1.39. The third kappa shape index (κ3) is 4.46. The highest BCUT2D eigenvalue weighted by atomic mass is 19.4. The summed E-state index contributed by atoms with van der Waals surface area (Å²) < 4.78 is 41.5. The summed E-state index contributed by atoms with van der Waals surface area (Å²) in [4.78, 5) is 20.0. The fourth-order valence-electron chi connectivity index (χ4n) is 3.36. The third-order valence-electron chi connectivity index (χ3n) is 5.03. The lowest BCUT2D eigenvalue weighted by Crippen LogP contribution is -2.28. The molecule has 1 amide bonds. The first-order valence-electron chi connectivity index (χ1n) is 9.88. The van der Waals surface area contributed by atoms with Gasteiger partial charge in [-0.2, -0.15) is 23.3 Å². The van der Waals surface area contributed by atoms with Gasteiger partial charge in [-0.05, 0) is 38.0 Å². The number of benzene rings is 1. The van der Waals surface area contributed by atoms with Crippen molar-refractivity contribution in [2.24, 2.45) is 0 Å². The molecule has 0 saturated heterocycles. The maximum atomic E-state index is 12.9. The highest BCUT2D eigenvalue weighted by Crippen LogP contribution is 2.27. The first-order valence-corrected chi connectivity index (χ1v) is 9.88. The summed E-state index contributed by atoms with van der Waals surface area (Å²) in [6, 6.07) is 9.67. The van der Waals surface area contributed by atoms with Crippen molar-refractivity contribution >= 4 is 11.7 Å². The predicted octanol–water partition coefficient (Wildman–Crippen LogP) is 2.85. The summed E-state index contributed by atoms with van der Waals surface area (Å²) in [7, 11) is 0. The Hall–Kier alpha value is -3.76. The normalized spacial score (nSPS) is 11.8. The van der Waals surface area contributed by atoms with E-state index in [2.05, 4.69) is 25.5 Å². The molecule has 1 N–H and O–H groups in total. The van der Waals surface area contributed by atoms with E-state index >= 15 is 0 Å². The second-order valence-electron chi connectivity index (χ2n) is 7.31. The fourth-order valence-corrected chi connectivity index (χ4v) is 3.36. The Morgan fingerprint density at radius 1 is 1.12 bits per heavy atom. The first-order chi connectivity index (χ1) is 15.2. The summed E-state index contributed by atoms with van der Waals surface area (Å²) in [5.74, 6) is -1.67. The van der Waals surface area contributed by atoms with Crippen LogP contribution in [0.3, 0.4) is 0 Å². The number of amides is 1. The van der Waals surface area contributed by atoms with Crippen molar-refractivity contribution in [3.05, 3.63) is 71.1 Å². The van der Waals surface area contributed by atoms with Gasteiger partial charge in [0.25, 0.3) is 11.6 Å². The summed E-state index contributed by atoms with van der Waals surface area (Å²) in [6.45, 7) is 3.63. The molecule has 1 aromatic carbocycles. The number of halogens is 3. The fraction of sp³-hybridized carbons (Fsp3) is 0.286. The lowest BCUT2D eigenvalue weighted by atomic mass is 10.1. The molecule has 0 atom stereocenters. The van der Waals surface area contributed by atoms with Crippen molar-refractivity contribution in [3.63, 3.8) is 0 Å². The predicted molar refractivity (Wildman–Crippen MR) is 109 cm³/mol. The molecular formula is C21H20F3N7O. The quantitative estimate of drug-likeness (QED) is 0.495. The Bertz CT molecular complexity index is 1260. The minimum Gasteiger partial charge on any atom is -0.355 e. The molecule has 4 rings (SSSR count). The third-order valence-corrected chi connectivity index (χ3v) is 5.03. The van der Waals surface area contributed by atoms with Crippen molar-refractivity contribution in [1.82, 2.24) is 34.7 Å². The molecule has 3 heterocycles. The zero-order valence-electron chi connectivity index (χ0n) is 17.4. The van der Waals surface area contributed by atoms with Crippen molar-refractivity contribution in [2.45, 2.75) is 32.9 Å². The molecule has 166 valence electrons. The maximum absolute atomic E-state index is 12.9. The molecule has 3 aromatic heterocycles. The first kappa shape index (κ1) is 21.5. The van der Waals surface area contributed by atoms with Crippen LogP contribution in [0.4, 0.5) is 13.2 Å². The number of carbonyl (C=O) groups is 1. The van der Waals surface area contributed by atoms with Gasteiger partial charge in [0, 0.05) is 29.7 Å². The van der Waals surface area contributed by atoms with Crippen LogP contribution < -0.4 is 5.32 Å². The molecule has 0 spiro atoms. The number of carbonyl (C=O) groups excluding carboxylic acids is 1. The molecule has 0 aliphatic carbocycles. The van der Waals surface area contributed by atoms with E-state index in [1.165, 1.54) is 0 Å².